The molecule has 0 bridgehead atoms. The Morgan fingerprint density at radius 3 is 3.00 bits per heavy atom. The average Bonchev–Trinajstić information content (AvgIpc) is 2.26. The number of carbonyl (C=O) groups is 1. The number of hydrogen-bond acceptors (Lipinski definition) is 3. The number of nitrogens with zero attached hydrogens (tertiary/aromatic N) is 1. The molecule has 3 nitrogen and oxygen atoms in total. The molecule has 0 radical (unpaired) electrons. The highest BCUT2D eigenvalue weighted by atomic mass is 32.2. The molecule has 1 rings (SSSR count). The van der Waals surface area contributed by atoms with E-state index in [1.165, 1.54) is 0 Å². The van der Waals surface area contributed by atoms with Crippen LogP contribution in [0.25, 0.3) is 0 Å². The molecule has 1 aliphatic rings. The summed E-state index contributed by atoms with van der Waals surface area (Å²) in [5, 5.41) is 3.10. The van der Waals surface area contributed by atoms with Crippen molar-refractivity contribution in [2.75, 3.05) is 25.6 Å². The van der Waals surface area contributed by atoms with Crippen LogP contribution in [0, 0.1) is 0 Å². The first-order valence-corrected chi connectivity index (χ1v) is 7.06. The van der Waals surface area contributed by atoms with Crippen LogP contribution in [0.5, 0.6) is 0 Å². The van der Waals surface area contributed by atoms with Gasteiger partial charge >= 0.3 is 0 Å². The molecule has 0 spiro atoms. The van der Waals surface area contributed by atoms with Crippen LogP contribution in [0.4, 0.5) is 0 Å². The zero-order valence-corrected chi connectivity index (χ0v) is 10.8. The Hall–Kier alpha value is -0.220. The van der Waals surface area contributed by atoms with Crippen LogP contribution in [-0.2, 0) is 4.79 Å². The second kappa shape index (κ2) is 6.38. The van der Waals surface area contributed by atoms with Crippen molar-refractivity contribution in [3.63, 3.8) is 0 Å². The van der Waals surface area contributed by atoms with Gasteiger partial charge in [-0.05, 0) is 45.2 Å². The number of thioether (sulfide) groups is 1. The Kier molecular flexibility index (Phi) is 5.47. The monoisotopic (exact) mass is 230 g/mol. The van der Waals surface area contributed by atoms with Crippen molar-refractivity contribution in [3.05, 3.63) is 0 Å². The maximum absolute atomic E-state index is 12.0. The second-order valence-electron chi connectivity index (χ2n) is 4.15. The van der Waals surface area contributed by atoms with Gasteiger partial charge in [0, 0.05) is 12.6 Å². The SMILES string of the molecule is CNC1CCCN(C(C)CCSC)C1=O. The van der Waals surface area contributed by atoms with E-state index in [1.807, 2.05) is 23.7 Å². The van der Waals surface area contributed by atoms with E-state index in [1.54, 1.807) is 0 Å². The van der Waals surface area contributed by atoms with Crippen molar-refractivity contribution in [1.29, 1.82) is 0 Å². The van der Waals surface area contributed by atoms with Gasteiger partial charge < -0.3 is 10.2 Å². The summed E-state index contributed by atoms with van der Waals surface area (Å²) in [6.45, 7) is 3.10. The van der Waals surface area contributed by atoms with Crippen molar-refractivity contribution >= 4 is 17.7 Å². The highest BCUT2D eigenvalue weighted by molar-refractivity contribution is 7.98. The maximum atomic E-state index is 12.0. The molecule has 1 amide bonds. The van der Waals surface area contributed by atoms with E-state index in [0.717, 1.165) is 31.6 Å². The molecule has 0 aromatic heterocycles. The summed E-state index contributed by atoms with van der Waals surface area (Å²) in [4.78, 5) is 14.1. The topological polar surface area (TPSA) is 32.3 Å². The molecule has 0 saturated carbocycles. The fourth-order valence-corrected chi connectivity index (χ4v) is 2.63. The first kappa shape index (κ1) is 12.8. The molecule has 0 aromatic rings. The third-order valence-corrected chi connectivity index (χ3v) is 3.74. The number of likely N-dealkylation sites (tertiary alicyclic amines) is 1. The molecule has 88 valence electrons. The molecule has 0 aromatic carbocycles. The van der Waals surface area contributed by atoms with Gasteiger partial charge in [-0.15, -0.1) is 0 Å². The van der Waals surface area contributed by atoms with E-state index < -0.39 is 0 Å². The van der Waals surface area contributed by atoms with Crippen LogP contribution < -0.4 is 5.32 Å². The molecule has 2 unspecified atom stereocenters. The number of rotatable bonds is 5. The Morgan fingerprint density at radius 1 is 1.67 bits per heavy atom. The molecule has 1 N–H and O–H groups in total. The molecule has 15 heavy (non-hydrogen) atoms. The Bertz CT molecular complexity index is 211. The van der Waals surface area contributed by atoms with Gasteiger partial charge in [0.25, 0.3) is 0 Å². The Morgan fingerprint density at radius 2 is 2.40 bits per heavy atom. The Labute approximate surface area is 97.0 Å². The summed E-state index contributed by atoms with van der Waals surface area (Å²) in [6, 6.07) is 0.441. The number of piperidine rings is 1. The first-order valence-electron chi connectivity index (χ1n) is 5.67. The van der Waals surface area contributed by atoms with Gasteiger partial charge in [0.15, 0.2) is 0 Å². The number of hydrogen-bond donors (Lipinski definition) is 1. The fourth-order valence-electron chi connectivity index (χ4n) is 2.05. The van der Waals surface area contributed by atoms with Crippen LogP contribution >= 0.6 is 11.8 Å². The minimum absolute atomic E-state index is 0.0514. The molecule has 1 fully saturated rings. The Balaban J connectivity index is 2.48. The van der Waals surface area contributed by atoms with Crippen molar-refractivity contribution in [3.8, 4) is 0 Å². The van der Waals surface area contributed by atoms with E-state index in [4.69, 9.17) is 0 Å². The summed E-state index contributed by atoms with van der Waals surface area (Å²) in [5.74, 6) is 1.42. The van der Waals surface area contributed by atoms with E-state index in [2.05, 4.69) is 18.5 Å². The normalized spacial score (nSPS) is 24.3. The summed E-state index contributed by atoms with van der Waals surface area (Å²) in [7, 11) is 1.87. The largest absolute Gasteiger partial charge is 0.339 e. The molecular formula is C11H22N2OS. The van der Waals surface area contributed by atoms with E-state index in [0.29, 0.717) is 6.04 Å². The summed E-state index contributed by atoms with van der Waals surface area (Å²) in [6.07, 6.45) is 5.33. The van der Waals surface area contributed by atoms with Crippen LogP contribution in [0.1, 0.15) is 26.2 Å². The van der Waals surface area contributed by atoms with Gasteiger partial charge in [-0.1, -0.05) is 0 Å². The number of nitrogens with one attached hydrogen (secondary N) is 1. The minimum atomic E-state index is 0.0514. The third kappa shape index (κ3) is 3.38. The third-order valence-electron chi connectivity index (χ3n) is 3.09. The summed E-state index contributed by atoms with van der Waals surface area (Å²) in [5.41, 5.74) is 0. The minimum Gasteiger partial charge on any atom is -0.339 e. The van der Waals surface area contributed by atoms with Gasteiger partial charge in [-0.25, -0.2) is 0 Å². The van der Waals surface area contributed by atoms with Crippen molar-refractivity contribution in [1.82, 2.24) is 10.2 Å². The van der Waals surface area contributed by atoms with Crippen molar-refractivity contribution in [2.45, 2.75) is 38.3 Å². The standard InChI is InChI=1S/C11H22N2OS/c1-9(6-8-15-3)13-7-4-5-10(12-2)11(13)14/h9-10,12H,4-8H2,1-3H3. The molecule has 2 atom stereocenters. The van der Waals surface area contributed by atoms with Gasteiger partial charge in [-0.3, -0.25) is 4.79 Å². The average molecular weight is 230 g/mol. The zero-order chi connectivity index (χ0) is 11.3. The van der Waals surface area contributed by atoms with E-state index >= 15 is 0 Å². The number of likely N-dealkylation sites (N-methyl/N-ethyl adjacent to an activating group) is 1. The lowest BCUT2D eigenvalue weighted by Crippen LogP contribution is -2.52. The maximum Gasteiger partial charge on any atom is 0.239 e. The predicted molar refractivity (Wildman–Crippen MR) is 66.3 cm³/mol. The molecule has 4 heteroatoms. The van der Waals surface area contributed by atoms with Gasteiger partial charge in [0.2, 0.25) is 5.91 Å². The number of amides is 1. The number of carbonyl (C=O) groups excluding carboxylic acids is 1. The molecule has 1 aliphatic heterocycles. The summed E-state index contributed by atoms with van der Waals surface area (Å²) >= 11 is 1.85. The van der Waals surface area contributed by atoms with E-state index in [-0.39, 0.29) is 11.9 Å². The van der Waals surface area contributed by atoms with Crippen LogP contribution in [-0.4, -0.2) is 48.5 Å². The molecule has 1 saturated heterocycles. The highest BCUT2D eigenvalue weighted by Gasteiger charge is 2.29. The van der Waals surface area contributed by atoms with Gasteiger partial charge in [-0.2, -0.15) is 11.8 Å². The quantitative estimate of drug-likeness (QED) is 0.773. The smallest absolute Gasteiger partial charge is 0.239 e. The van der Waals surface area contributed by atoms with Crippen molar-refractivity contribution in [2.24, 2.45) is 0 Å². The lowest BCUT2D eigenvalue weighted by Gasteiger charge is -2.36. The van der Waals surface area contributed by atoms with Gasteiger partial charge in [0.1, 0.15) is 0 Å². The predicted octanol–water partition coefficient (Wildman–Crippen LogP) is 1.34. The zero-order valence-electron chi connectivity index (χ0n) is 9.95. The highest BCUT2D eigenvalue weighted by Crippen LogP contribution is 2.17. The summed E-state index contributed by atoms with van der Waals surface area (Å²) < 4.78 is 0. The molecule has 0 aliphatic carbocycles. The van der Waals surface area contributed by atoms with Gasteiger partial charge in [0.05, 0.1) is 6.04 Å². The molecule has 1 heterocycles. The lowest BCUT2D eigenvalue weighted by molar-refractivity contribution is -0.138. The first-order chi connectivity index (χ1) is 7.20. The molecular weight excluding hydrogens is 208 g/mol. The van der Waals surface area contributed by atoms with Crippen LogP contribution in [0.2, 0.25) is 0 Å². The van der Waals surface area contributed by atoms with Crippen molar-refractivity contribution < 1.29 is 4.79 Å². The van der Waals surface area contributed by atoms with Crippen LogP contribution in [0.3, 0.4) is 0 Å². The fraction of sp³-hybridized carbons (Fsp3) is 0.909. The second-order valence-corrected chi connectivity index (χ2v) is 5.13. The van der Waals surface area contributed by atoms with E-state index in [9.17, 15) is 4.79 Å². The van der Waals surface area contributed by atoms with Crippen LogP contribution in [0.15, 0.2) is 0 Å². The lowest BCUT2D eigenvalue weighted by atomic mass is 10.0.